The highest BCUT2D eigenvalue weighted by molar-refractivity contribution is 5.85. The number of aliphatic hydroxyl groups is 1. The Bertz CT molecular complexity index is 875. The number of rotatable bonds is 6. The van der Waals surface area contributed by atoms with Crippen molar-refractivity contribution in [3.05, 3.63) is 108 Å². The maximum atomic E-state index is 11.5. The molecule has 0 fully saturated rings. The van der Waals surface area contributed by atoms with Crippen LogP contribution in [0.4, 0.5) is 0 Å². The van der Waals surface area contributed by atoms with Gasteiger partial charge in [-0.25, -0.2) is 0 Å². The number of benzene rings is 3. The smallest absolute Gasteiger partial charge is 0.176 e. The van der Waals surface area contributed by atoms with E-state index in [0.717, 1.165) is 17.7 Å². The summed E-state index contributed by atoms with van der Waals surface area (Å²) in [7, 11) is 0. The van der Waals surface area contributed by atoms with Gasteiger partial charge in [-0.05, 0) is 19.4 Å². The van der Waals surface area contributed by atoms with E-state index in [1.54, 1.807) is 0 Å². The molecule has 0 atom stereocenters. The van der Waals surface area contributed by atoms with Crippen molar-refractivity contribution < 1.29 is 5.11 Å². The third-order valence-corrected chi connectivity index (χ3v) is 4.89. The first-order valence-corrected chi connectivity index (χ1v) is 9.71. The van der Waals surface area contributed by atoms with Gasteiger partial charge in [0.25, 0.3) is 0 Å². The van der Waals surface area contributed by atoms with Crippen LogP contribution in [-0.2, 0) is 12.1 Å². The van der Waals surface area contributed by atoms with Crippen LogP contribution in [0.1, 0.15) is 30.5 Å². The lowest BCUT2D eigenvalue weighted by molar-refractivity contribution is 0.145. The number of hydrogen-bond donors (Lipinski definition) is 1. The molecule has 1 N–H and O–H groups in total. The SMILES string of the molecule is CC(C)N(CC#CC(O)(c1ccccc1)c1ccccc1)Cc1ccccc1.Cl. The fourth-order valence-electron chi connectivity index (χ4n) is 3.18. The van der Waals surface area contributed by atoms with Gasteiger partial charge < -0.3 is 5.11 Å². The normalized spacial score (nSPS) is 10.9. The van der Waals surface area contributed by atoms with Gasteiger partial charge in [0.05, 0.1) is 6.54 Å². The Labute approximate surface area is 180 Å². The molecule has 0 saturated carbocycles. The Morgan fingerprint density at radius 2 is 1.24 bits per heavy atom. The van der Waals surface area contributed by atoms with Crippen molar-refractivity contribution in [2.75, 3.05) is 6.54 Å². The summed E-state index contributed by atoms with van der Waals surface area (Å²) in [6, 6.07) is 30.1. The molecule has 29 heavy (non-hydrogen) atoms. The van der Waals surface area contributed by atoms with Crippen LogP contribution in [0.5, 0.6) is 0 Å². The Hall–Kier alpha value is -2.57. The highest BCUT2D eigenvalue weighted by atomic mass is 35.5. The van der Waals surface area contributed by atoms with Gasteiger partial charge in [-0.15, -0.1) is 12.4 Å². The molecule has 0 radical (unpaired) electrons. The van der Waals surface area contributed by atoms with Crippen molar-refractivity contribution >= 4 is 12.4 Å². The molecule has 0 spiro atoms. The lowest BCUT2D eigenvalue weighted by Gasteiger charge is -2.26. The molecule has 0 aliphatic carbocycles. The number of hydrogen-bond acceptors (Lipinski definition) is 2. The Morgan fingerprint density at radius 1 is 0.793 bits per heavy atom. The van der Waals surface area contributed by atoms with Crippen LogP contribution in [-0.4, -0.2) is 22.6 Å². The fourth-order valence-corrected chi connectivity index (χ4v) is 3.18. The second kappa shape index (κ2) is 10.8. The van der Waals surface area contributed by atoms with Gasteiger partial charge in [0.15, 0.2) is 5.60 Å². The topological polar surface area (TPSA) is 23.5 Å². The highest BCUT2D eigenvalue weighted by Crippen LogP contribution is 2.28. The van der Waals surface area contributed by atoms with Crippen molar-refractivity contribution in [2.24, 2.45) is 0 Å². The molecule has 0 aliphatic rings. The zero-order valence-corrected chi connectivity index (χ0v) is 17.8. The zero-order valence-electron chi connectivity index (χ0n) is 17.0. The van der Waals surface area contributed by atoms with Crippen molar-refractivity contribution in [1.82, 2.24) is 4.90 Å². The molecule has 3 aromatic carbocycles. The van der Waals surface area contributed by atoms with Gasteiger partial charge in [0, 0.05) is 23.7 Å². The van der Waals surface area contributed by atoms with Gasteiger partial charge in [-0.1, -0.05) is 103 Å². The van der Waals surface area contributed by atoms with Crippen molar-refractivity contribution in [2.45, 2.75) is 32.0 Å². The van der Waals surface area contributed by atoms with E-state index >= 15 is 0 Å². The van der Waals surface area contributed by atoms with E-state index in [1.165, 1.54) is 5.56 Å². The van der Waals surface area contributed by atoms with E-state index < -0.39 is 5.60 Å². The minimum atomic E-state index is -1.32. The third-order valence-electron chi connectivity index (χ3n) is 4.89. The summed E-state index contributed by atoms with van der Waals surface area (Å²) in [5.74, 6) is 6.41. The van der Waals surface area contributed by atoms with Gasteiger partial charge >= 0.3 is 0 Å². The molecule has 150 valence electrons. The first-order valence-electron chi connectivity index (χ1n) is 9.71. The van der Waals surface area contributed by atoms with E-state index in [1.807, 2.05) is 66.7 Å². The molecule has 0 amide bonds. The summed E-state index contributed by atoms with van der Waals surface area (Å²) >= 11 is 0. The molecular weight excluding hydrogens is 378 g/mol. The maximum absolute atomic E-state index is 11.5. The van der Waals surface area contributed by atoms with E-state index in [-0.39, 0.29) is 12.4 Å². The minimum absolute atomic E-state index is 0. The van der Waals surface area contributed by atoms with Crippen LogP contribution >= 0.6 is 12.4 Å². The fraction of sp³-hybridized carbons (Fsp3) is 0.231. The molecule has 2 nitrogen and oxygen atoms in total. The van der Waals surface area contributed by atoms with E-state index in [0.29, 0.717) is 12.6 Å². The molecule has 3 aromatic rings. The summed E-state index contributed by atoms with van der Waals surface area (Å²) in [5, 5.41) is 11.5. The Morgan fingerprint density at radius 3 is 1.69 bits per heavy atom. The average Bonchev–Trinajstić information content (AvgIpc) is 2.75. The standard InChI is InChI=1S/C26H27NO.ClH/c1-22(2)27(21-23-13-6-3-7-14-23)20-12-19-26(28,24-15-8-4-9-16-24)25-17-10-5-11-18-25;/h3-11,13-18,22,28H,20-21H2,1-2H3;1H. The van der Waals surface area contributed by atoms with Crippen LogP contribution < -0.4 is 0 Å². The molecule has 0 saturated heterocycles. The lowest BCUT2D eigenvalue weighted by atomic mass is 9.87. The molecular formula is C26H28ClNO. The van der Waals surface area contributed by atoms with Gasteiger partial charge in [-0.2, -0.15) is 0 Å². The molecule has 3 rings (SSSR count). The Balaban J connectivity index is 0.00000300. The molecule has 0 unspecified atom stereocenters. The number of halogens is 1. The quantitative estimate of drug-likeness (QED) is 0.565. The predicted octanol–water partition coefficient (Wildman–Crippen LogP) is 5.26. The zero-order chi connectivity index (χ0) is 19.8. The van der Waals surface area contributed by atoms with Crippen molar-refractivity contribution in [1.29, 1.82) is 0 Å². The first kappa shape index (κ1) is 22.7. The molecule has 0 aromatic heterocycles. The lowest BCUT2D eigenvalue weighted by Crippen LogP contribution is -2.31. The van der Waals surface area contributed by atoms with E-state index in [9.17, 15) is 5.11 Å². The average molecular weight is 406 g/mol. The van der Waals surface area contributed by atoms with Crippen molar-refractivity contribution in [3.8, 4) is 11.8 Å². The highest BCUT2D eigenvalue weighted by Gasteiger charge is 2.29. The molecule has 0 heterocycles. The monoisotopic (exact) mass is 405 g/mol. The van der Waals surface area contributed by atoms with Crippen LogP contribution in [0.3, 0.4) is 0 Å². The van der Waals surface area contributed by atoms with Gasteiger partial charge in [-0.3, -0.25) is 4.90 Å². The molecule has 0 aliphatic heterocycles. The summed E-state index contributed by atoms with van der Waals surface area (Å²) in [4.78, 5) is 2.30. The predicted molar refractivity (Wildman–Crippen MR) is 123 cm³/mol. The second-order valence-corrected chi connectivity index (χ2v) is 7.23. The maximum Gasteiger partial charge on any atom is 0.176 e. The van der Waals surface area contributed by atoms with E-state index in [2.05, 4.69) is 54.9 Å². The Kier molecular flexibility index (Phi) is 8.49. The van der Waals surface area contributed by atoms with Crippen LogP contribution in [0.2, 0.25) is 0 Å². The summed E-state index contributed by atoms with van der Waals surface area (Å²) in [5.41, 5.74) is 1.51. The van der Waals surface area contributed by atoms with Crippen LogP contribution in [0, 0.1) is 11.8 Å². The summed E-state index contributed by atoms with van der Waals surface area (Å²) < 4.78 is 0. The van der Waals surface area contributed by atoms with Gasteiger partial charge in [0.2, 0.25) is 0 Å². The minimum Gasteiger partial charge on any atom is -0.369 e. The summed E-state index contributed by atoms with van der Waals surface area (Å²) in [6.07, 6.45) is 0. The third kappa shape index (κ3) is 5.95. The van der Waals surface area contributed by atoms with Gasteiger partial charge in [0.1, 0.15) is 0 Å². The second-order valence-electron chi connectivity index (χ2n) is 7.23. The van der Waals surface area contributed by atoms with Crippen LogP contribution in [0.15, 0.2) is 91.0 Å². The summed E-state index contributed by atoms with van der Waals surface area (Å²) in [6.45, 7) is 5.77. The number of nitrogens with zero attached hydrogens (tertiary/aromatic N) is 1. The molecule has 3 heteroatoms. The molecule has 0 bridgehead atoms. The largest absolute Gasteiger partial charge is 0.369 e. The van der Waals surface area contributed by atoms with Crippen LogP contribution in [0.25, 0.3) is 0 Å². The first-order chi connectivity index (χ1) is 13.6. The van der Waals surface area contributed by atoms with E-state index in [4.69, 9.17) is 0 Å². The van der Waals surface area contributed by atoms with Crippen molar-refractivity contribution in [3.63, 3.8) is 0 Å².